The molecule has 0 bridgehead atoms. The van der Waals surface area contributed by atoms with Crippen LogP contribution in [0.2, 0.25) is 0 Å². The van der Waals surface area contributed by atoms with Crippen molar-refractivity contribution in [3.8, 4) is 0 Å². The number of carbonyl (C=O) groups excluding carboxylic acids is 2. The lowest BCUT2D eigenvalue weighted by Crippen LogP contribution is -2.56. The Kier molecular flexibility index (Phi) is 6.82. The van der Waals surface area contributed by atoms with E-state index in [0.717, 1.165) is 31.5 Å². The molecular weight excluding hydrogens is 395 g/mol. The highest BCUT2D eigenvalue weighted by molar-refractivity contribution is 5.88. The molecule has 1 fully saturated rings. The lowest BCUT2D eigenvalue weighted by molar-refractivity contribution is -0.134. The number of nitrogens with zero attached hydrogens (tertiary/aromatic N) is 2. The number of amides is 2. The first kappa shape index (κ1) is 21.3. The van der Waals surface area contributed by atoms with E-state index >= 15 is 0 Å². The predicted octanol–water partition coefficient (Wildman–Crippen LogP) is 2.09. The number of piperazine rings is 1. The molecule has 164 valence electrons. The van der Waals surface area contributed by atoms with Crippen molar-refractivity contribution in [2.75, 3.05) is 37.6 Å². The quantitative estimate of drug-likeness (QED) is 0.637. The molecule has 1 atom stereocenters. The zero-order valence-corrected chi connectivity index (χ0v) is 17.6. The molecule has 2 N–H and O–H groups in total. The van der Waals surface area contributed by atoms with E-state index in [1.807, 2.05) is 4.90 Å². The van der Waals surface area contributed by atoms with E-state index in [1.165, 1.54) is 23.4 Å². The van der Waals surface area contributed by atoms with E-state index in [2.05, 4.69) is 39.8 Å². The summed E-state index contributed by atoms with van der Waals surface area (Å²) in [7, 11) is 0. The normalized spacial score (nSPS) is 18.5. The summed E-state index contributed by atoms with van der Waals surface area (Å²) in [5, 5.41) is 5.82. The van der Waals surface area contributed by atoms with Gasteiger partial charge >= 0.3 is 0 Å². The van der Waals surface area contributed by atoms with Gasteiger partial charge in [-0.25, -0.2) is 4.39 Å². The van der Waals surface area contributed by atoms with Crippen LogP contribution in [-0.2, 0) is 22.6 Å². The monoisotopic (exact) mass is 424 g/mol. The average molecular weight is 425 g/mol. The van der Waals surface area contributed by atoms with Crippen LogP contribution in [0.25, 0.3) is 0 Å². The first-order valence-corrected chi connectivity index (χ1v) is 11.0. The number of fused-ring (bicyclic) bond motifs is 1. The molecule has 2 aliphatic heterocycles. The summed E-state index contributed by atoms with van der Waals surface area (Å²) in [6, 6.07) is 14.2. The van der Waals surface area contributed by atoms with Gasteiger partial charge in [-0.05, 0) is 42.2 Å². The van der Waals surface area contributed by atoms with Crippen molar-refractivity contribution in [2.24, 2.45) is 0 Å². The van der Waals surface area contributed by atoms with Crippen LogP contribution >= 0.6 is 0 Å². The minimum absolute atomic E-state index is 0.118. The van der Waals surface area contributed by atoms with E-state index in [9.17, 15) is 14.0 Å². The summed E-state index contributed by atoms with van der Waals surface area (Å²) in [6.07, 6.45) is 2.05. The van der Waals surface area contributed by atoms with Gasteiger partial charge in [-0.3, -0.25) is 14.5 Å². The van der Waals surface area contributed by atoms with Gasteiger partial charge in [0.1, 0.15) is 5.82 Å². The molecule has 7 heteroatoms. The van der Waals surface area contributed by atoms with Crippen molar-refractivity contribution in [1.82, 2.24) is 15.5 Å². The Morgan fingerprint density at radius 1 is 1.13 bits per heavy atom. The highest BCUT2D eigenvalue weighted by Crippen LogP contribution is 2.27. The highest BCUT2D eigenvalue weighted by Gasteiger charge is 2.31. The fraction of sp³-hybridized carbons (Fsp3) is 0.417. The number of halogens is 1. The summed E-state index contributed by atoms with van der Waals surface area (Å²) in [5.74, 6) is -0.529. The highest BCUT2D eigenvalue weighted by atomic mass is 19.1. The maximum atomic E-state index is 13.2. The molecule has 0 aromatic heterocycles. The fourth-order valence-corrected chi connectivity index (χ4v) is 4.38. The van der Waals surface area contributed by atoms with Gasteiger partial charge in [0.05, 0.1) is 12.5 Å². The summed E-state index contributed by atoms with van der Waals surface area (Å²) in [6.45, 7) is 4.24. The van der Waals surface area contributed by atoms with Crippen LogP contribution in [0.15, 0.2) is 48.5 Å². The number of para-hydroxylation sites is 1. The minimum atomic E-state index is -0.510. The third-order valence-corrected chi connectivity index (χ3v) is 6.03. The molecule has 2 aliphatic rings. The number of anilines is 1. The SMILES string of the molecule is O=C(CC1C(=O)NCCN1Cc1ccc(F)cc1)NCCCN1CCc2ccccc21. The molecule has 2 heterocycles. The second-order valence-corrected chi connectivity index (χ2v) is 8.18. The molecule has 2 aromatic carbocycles. The Morgan fingerprint density at radius 2 is 1.94 bits per heavy atom. The molecule has 0 radical (unpaired) electrons. The van der Waals surface area contributed by atoms with Crippen molar-refractivity contribution in [3.63, 3.8) is 0 Å². The smallest absolute Gasteiger partial charge is 0.237 e. The minimum Gasteiger partial charge on any atom is -0.371 e. The van der Waals surface area contributed by atoms with E-state index in [-0.39, 0.29) is 24.1 Å². The van der Waals surface area contributed by atoms with Crippen LogP contribution < -0.4 is 15.5 Å². The molecule has 1 unspecified atom stereocenters. The van der Waals surface area contributed by atoms with Gasteiger partial charge < -0.3 is 15.5 Å². The first-order chi connectivity index (χ1) is 15.1. The zero-order valence-electron chi connectivity index (χ0n) is 17.6. The van der Waals surface area contributed by atoms with Gasteiger partial charge in [-0.2, -0.15) is 0 Å². The molecule has 4 rings (SSSR count). The summed E-state index contributed by atoms with van der Waals surface area (Å²) >= 11 is 0. The predicted molar refractivity (Wildman–Crippen MR) is 118 cm³/mol. The van der Waals surface area contributed by atoms with Crippen LogP contribution in [0.4, 0.5) is 10.1 Å². The van der Waals surface area contributed by atoms with Crippen LogP contribution in [0, 0.1) is 5.82 Å². The molecule has 6 nitrogen and oxygen atoms in total. The zero-order chi connectivity index (χ0) is 21.6. The van der Waals surface area contributed by atoms with Gasteiger partial charge in [0.25, 0.3) is 0 Å². The summed E-state index contributed by atoms with van der Waals surface area (Å²) < 4.78 is 13.2. The fourth-order valence-electron chi connectivity index (χ4n) is 4.38. The molecule has 0 saturated carbocycles. The Labute approximate surface area is 182 Å². The molecule has 0 spiro atoms. The van der Waals surface area contributed by atoms with Gasteiger partial charge in [0.15, 0.2) is 0 Å². The average Bonchev–Trinajstić information content (AvgIpc) is 3.18. The second-order valence-electron chi connectivity index (χ2n) is 8.18. The van der Waals surface area contributed by atoms with Crippen LogP contribution in [0.1, 0.15) is 24.0 Å². The Hall–Kier alpha value is -2.93. The van der Waals surface area contributed by atoms with E-state index in [0.29, 0.717) is 26.2 Å². The number of hydrogen-bond donors (Lipinski definition) is 2. The molecule has 31 heavy (non-hydrogen) atoms. The van der Waals surface area contributed by atoms with Gasteiger partial charge in [-0.1, -0.05) is 30.3 Å². The van der Waals surface area contributed by atoms with Crippen molar-refractivity contribution < 1.29 is 14.0 Å². The molecule has 2 aromatic rings. The second kappa shape index (κ2) is 9.92. The third-order valence-electron chi connectivity index (χ3n) is 6.03. The van der Waals surface area contributed by atoms with Crippen molar-refractivity contribution in [3.05, 3.63) is 65.5 Å². The molecule has 0 aliphatic carbocycles. The topological polar surface area (TPSA) is 64.7 Å². The van der Waals surface area contributed by atoms with Gasteiger partial charge in [0, 0.05) is 45.0 Å². The van der Waals surface area contributed by atoms with E-state index < -0.39 is 6.04 Å². The molecule has 2 amide bonds. The van der Waals surface area contributed by atoms with Crippen molar-refractivity contribution in [2.45, 2.75) is 31.8 Å². The van der Waals surface area contributed by atoms with Crippen molar-refractivity contribution in [1.29, 1.82) is 0 Å². The largest absolute Gasteiger partial charge is 0.371 e. The Bertz CT molecular complexity index is 918. The lowest BCUT2D eigenvalue weighted by atomic mass is 10.1. The Morgan fingerprint density at radius 3 is 2.77 bits per heavy atom. The summed E-state index contributed by atoms with van der Waals surface area (Å²) in [4.78, 5) is 29.3. The standard InChI is InChI=1S/C24H29FN4O2/c25-20-8-6-18(7-9-20)17-29-15-12-27-24(31)22(29)16-23(30)26-11-3-13-28-14-10-19-4-1-2-5-21(19)28/h1-2,4-9,22H,3,10-17H2,(H,26,30)(H,27,31). The van der Waals surface area contributed by atoms with E-state index in [4.69, 9.17) is 0 Å². The van der Waals surface area contributed by atoms with Crippen LogP contribution in [-0.4, -0.2) is 55.5 Å². The number of nitrogens with one attached hydrogen (secondary N) is 2. The maximum absolute atomic E-state index is 13.2. The molecular formula is C24H29FN4O2. The van der Waals surface area contributed by atoms with Gasteiger partial charge in [-0.15, -0.1) is 0 Å². The molecule has 1 saturated heterocycles. The van der Waals surface area contributed by atoms with Crippen LogP contribution in [0.3, 0.4) is 0 Å². The summed E-state index contributed by atoms with van der Waals surface area (Å²) in [5.41, 5.74) is 3.60. The van der Waals surface area contributed by atoms with Crippen molar-refractivity contribution >= 4 is 17.5 Å². The maximum Gasteiger partial charge on any atom is 0.237 e. The number of hydrogen-bond acceptors (Lipinski definition) is 4. The van der Waals surface area contributed by atoms with Gasteiger partial charge in [0.2, 0.25) is 11.8 Å². The first-order valence-electron chi connectivity index (χ1n) is 11.0. The van der Waals surface area contributed by atoms with Crippen LogP contribution in [0.5, 0.6) is 0 Å². The third kappa shape index (κ3) is 5.41. The Balaban J connectivity index is 1.24. The number of carbonyl (C=O) groups is 2. The number of benzene rings is 2. The van der Waals surface area contributed by atoms with E-state index in [1.54, 1.807) is 12.1 Å². The lowest BCUT2D eigenvalue weighted by Gasteiger charge is -2.34. The number of rotatable bonds is 8.